The third-order valence-electron chi connectivity index (χ3n) is 3.67. The van der Waals surface area contributed by atoms with Crippen LogP contribution < -0.4 is 0 Å². The number of hydrogen-bond acceptors (Lipinski definition) is 4. The van der Waals surface area contributed by atoms with Crippen LogP contribution in [0.2, 0.25) is 0 Å². The summed E-state index contributed by atoms with van der Waals surface area (Å²) in [6.07, 6.45) is -0.486. The van der Waals surface area contributed by atoms with Gasteiger partial charge < -0.3 is 15.1 Å². The van der Waals surface area contributed by atoms with E-state index in [0.717, 1.165) is 11.1 Å². The number of phenols is 1. The molecule has 1 aliphatic rings. The fourth-order valence-electron chi connectivity index (χ4n) is 2.62. The lowest BCUT2D eigenvalue weighted by molar-refractivity contribution is -0.138. The summed E-state index contributed by atoms with van der Waals surface area (Å²) in [5, 5.41) is 22.7. The van der Waals surface area contributed by atoms with Crippen molar-refractivity contribution in [1.82, 2.24) is 0 Å². The molecule has 0 bridgehead atoms. The fourth-order valence-corrected chi connectivity index (χ4v) is 2.62. The van der Waals surface area contributed by atoms with Crippen LogP contribution in [0, 0.1) is 5.92 Å². The molecule has 0 spiro atoms. The Hall–Kier alpha value is -2.82. The highest BCUT2D eigenvalue weighted by molar-refractivity contribution is 6.04. The smallest absolute Gasteiger partial charge is 0.304 e. The van der Waals surface area contributed by atoms with Gasteiger partial charge in [-0.05, 0) is 29.8 Å². The van der Waals surface area contributed by atoms with Crippen molar-refractivity contribution in [1.29, 1.82) is 0 Å². The van der Waals surface area contributed by atoms with E-state index in [1.807, 2.05) is 30.3 Å². The molecule has 2 atom stereocenters. The van der Waals surface area contributed by atoms with Crippen molar-refractivity contribution >= 4 is 11.7 Å². The number of carboxylic acids is 1. The van der Waals surface area contributed by atoms with E-state index in [1.165, 1.54) is 0 Å². The Kier molecular flexibility index (Phi) is 3.78. The van der Waals surface area contributed by atoms with E-state index in [2.05, 4.69) is 5.16 Å². The summed E-state index contributed by atoms with van der Waals surface area (Å²) in [5.41, 5.74) is 2.24. The van der Waals surface area contributed by atoms with E-state index in [9.17, 15) is 15.0 Å². The lowest BCUT2D eigenvalue weighted by atomic mass is 9.86. The Morgan fingerprint density at radius 1 is 1.09 bits per heavy atom. The molecule has 2 N–H and O–H groups in total. The average Bonchev–Trinajstić information content (AvgIpc) is 2.92. The van der Waals surface area contributed by atoms with Crippen molar-refractivity contribution in [3.63, 3.8) is 0 Å². The maximum atomic E-state index is 11.2. The normalized spacial score (nSPS) is 20.3. The summed E-state index contributed by atoms with van der Waals surface area (Å²) in [4.78, 5) is 16.7. The van der Waals surface area contributed by atoms with Crippen LogP contribution in [0.25, 0.3) is 0 Å². The Morgan fingerprint density at radius 3 is 2.41 bits per heavy atom. The molecule has 5 heteroatoms. The number of aliphatic carboxylic acids is 1. The summed E-state index contributed by atoms with van der Waals surface area (Å²) >= 11 is 0. The molecule has 22 heavy (non-hydrogen) atoms. The first-order valence-electron chi connectivity index (χ1n) is 6.95. The molecule has 0 radical (unpaired) electrons. The van der Waals surface area contributed by atoms with Crippen molar-refractivity contribution < 1.29 is 19.8 Å². The quantitative estimate of drug-likeness (QED) is 0.909. The number of aromatic hydroxyl groups is 1. The molecule has 2 aromatic carbocycles. The number of carbonyl (C=O) groups is 1. The fraction of sp³-hybridized carbons (Fsp3) is 0.176. The second-order valence-electron chi connectivity index (χ2n) is 5.16. The highest BCUT2D eigenvalue weighted by atomic mass is 16.6. The topological polar surface area (TPSA) is 79.1 Å². The van der Waals surface area contributed by atoms with E-state index in [1.54, 1.807) is 24.3 Å². The lowest BCUT2D eigenvalue weighted by Gasteiger charge is -2.17. The molecule has 2 aromatic rings. The van der Waals surface area contributed by atoms with Crippen LogP contribution in [0.5, 0.6) is 5.75 Å². The zero-order valence-corrected chi connectivity index (χ0v) is 11.7. The van der Waals surface area contributed by atoms with Gasteiger partial charge in [0.1, 0.15) is 5.75 Å². The minimum Gasteiger partial charge on any atom is -0.508 e. The van der Waals surface area contributed by atoms with Gasteiger partial charge in [-0.15, -0.1) is 0 Å². The maximum Gasteiger partial charge on any atom is 0.304 e. The van der Waals surface area contributed by atoms with E-state index in [0.29, 0.717) is 5.71 Å². The minimum absolute atomic E-state index is 0.0702. The Labute approximate surface area is 127 Å². The van der Waals surface area contributed by atoms with E-state index in [4.69, 9.17) is 4.84 Å². The third kappa shape index (κ3) is 2.79. The number of nitrogens with zero attached hydrogens (tertiary/aromatic N) is 1. The second-order valence-corrected chi connectivity index (χ2v) is 5.16. The Balaban J connectivity index is 1.93. The van der Waals surface area contributed by atoms with E-state index >= 15 is 0 Å². The number of benzene rings is 2. The maximum absolute atomic E-state index is 11.2. The standard InChI is InChI=1S/C17H15NO4/c19-13-8-6-11(7-9-13)16-14(10-15(20)21)17(22-18-16)12-4-2-1-3-5-12/h1-9,14,17,19H,10H2,(H,20,21). The summed E-state index contributed by atoms with van der Waals surface area (Å²) < 4.78 is 0. The van der Waals surface area contributed by atoms with Gasteiger partial charge in [-0.2, -0.15) is 0 Å². The van der Waals surface area contributed by atoms with Gasteiger partial charge >= 0.3 is 5.97 Å². The number of oxime groups is 1. The summed E-state index contributed by atoms with van der Waals surface area (Å²) in [5.74, 6) is -1.12. The van der Waals surface area contributed by atoms with Gasteiger partial charge in [-0.3, -0.25) is 4.79 Å². The van der Waals surface area contributed by atoms with Gasteiger partial charge in [0.2, 0.25) is 0 Å². The molecule has 1 aliphatic heterocycles. The van der Waals surface area contributed by atoms with Gasteiger partial charge in [-0.25, -0.2) is 0 Å². The summed E-state index contributed by atoms with van der Waals surface area (Å²) in [6.45, 7) is 0. The van der Waals surface area contributed by atoms with Gasteiger partial charge in [-0.1, -0.05) is 35.5 Å². The summed E-state index contributed by atoms with van der Waals surface area (Å²) in [6, 6.07) is 16.0. The molecule has 112 valence electrons. The highest BCUT2D eigenvalue weighted by Crippen LogP contribution is 2.37. The van der Waals surface area contributed by atoms with Crippen molar-refractivity contribution in [2.45, 2.75) is 12.5 Å². The van der Waals surface area contributed by atoms with Crippen LogP contribution in [-0.4, -0.2) is 21.9 Å². The second kappa shape index (κ2) is 5.89. The monoisotopic (exact) mass is 297 g/mol. The molecule has 1 heterocycles. The van der Waals surface area contributed by atoms with Gasteiger partial charge in [0.05, 0.1) is 18.1 Å². The van der Waals surface area contributed by atoms with Crippen LogP contribution in [0.4, 0.5) is 0 Å². The molecule has 5 nitrogen and oxygen atoms in total. The van der Waals surface area contributed by atoms with Crippen LogP contribution in [0.1, 0.15) is 23.7 Å². The van der Waals surface area contributed by atoms with Crippen molar-refractivity contribution in [2.75, 3.05) is 0 Å². The SMILES string of the molecule is O=C(O)CC1C(c2ccc(O)cc2)=NOC1c1ccccc1. The van der Waals surface area contributed by atoms with Crippen molar-refractivity contribution in [3.05, 3.63) is 65.7 Å². The molecule has 0 saturated heterocycles. The predicted molar refractivity (Wildman–Crippen MR) is 80.7 cm³/mol. The number of phenolic OH excluding ortho intramolecular Hbond substituents is 1. The molecule has 0 saturated carbocycles. The van der Waals surface area contributed by atoms with E-state index < -0.39 is 12.1 Å². The molecule has 2 unspecified atom stereocenters. The zero-order chi connectivity index (χ0) is 15.5. The van der Waals surface area contributed by atoms with Gasteiger partial charge in [0.25, 0.3) is 0 Å². The minimum atomic E-state index is -0.900. The van der Waals surface area contributed by atoms with Crippen LogP contribution >= 0.6 is 0 Å². The predicted octanol–water partition coefficient (Wildman–Crippen LogP) is 2.96. The van der Waals surface area contributed by atoms with Gasteiger partial charge in [0, 0.05) is 5.56 Å². The first kappa shape index (κ1) is 14.1. The highest BCUT2D eigenvalue weighted by Gasteiger charge is 2.37. The molecular formula is C17H15NO4. The number of carboxylic acid groups (broad SMARTS) is 1. The molecular weight excluding hydrogens is 282 g/mol. The van der Waals surface area contributed by atoms with Crippen molar-refractivity contribution in [3.8, 4) is 5.75 Å². The zero-order valence-electron chi connectivity index (χ0n) is 11.7. The first-order chi connectivity index (χ1) is 10.6. The van der Waals surface area contributed by atoms with E-state index in [-0.39, 0.29) is 18.1 Å². The molecule has 0 amide bonds. The Bertz CT molecular complexity index is 694. The van der Waals surface area contributed by atoms with Crippen molar-refractivity contribution in [2.24, 2.45) is 11.1 Å². The lowest BCUT2D eigenvalue weighted by Crippen LogP contribution is -2.21. The third-order valence-corrected chi connectivity index (χ3v) is 3.67. The molecule has 0 aromatic heterocycles. The van der Waals surface area contributed by atoms with Crippen LogP contribution in [0.3, 0.4) is 0 Å². The largest absolute Gasteiger partial charge is 0.508 e. The van der Waals surface area contributed by atoms with Crippen LogP contribution in [-0.2, 0) is 9.63 Å². The first-order valence-corrected chi connectivity index (χ1v) is 6.95. The van der Waals surface area contributed by atoms with Gasteiger partial charge in [0.15, 0.2) is 6.10 Å². The number of rotatable bonds is 4. The molecule has 3 rings (SSSR count). The average molecular weight is 297 g/mol. The number of hydrogen-bond donors (Lipinski definition) is 2. The molecule has 0 fully saturated rings. The van der Waals surface area contributed by atoms with Crippen LogP contribution in [0.15, 0.2) is 59.8 Å². The Morgan fingerprint density at radius 2 is 1.77 bits per heavy atom. The summed E-state index contributed by atoms with van der Waals surface area (Å²) in [7, 11) is 0. The molecule has 0 aliphatic carbocycles.